The maximum Gasteiger partial charge on any atom is 0.192 e. The smallest absolute Gasteiger partial charge is 0.192 e. The van der Waals surface area contributed by atoms with E-state index in [4.69, 9.17) is 4.43 Å². The van der Waals surface area contributed by atoms with E-state index >= 15 is 0 Å². The van der Waals surface area contributed by atoms with E-state index < -0.39 is 14.4 Å². The lowest BCUT2D eigenvalue weighted by molar-refractivity contribution is -0.122. The third-order valence-corrected chi connectivity index (χ3v) is 9.92. The molecule has 0 amide bonds. The number of carbonyl (C=O) groups excluding carboxylic acids is 1. The summed E-state index contributed by atoms with van der Waals surface area (Å²) in [5, 5.41) is 10.4. The Balaban J connectivity index is 2.13. The SMILES string of the molecule is CC(C)(C)[Si](C)(C)O[C@@H](CC(=O)C[C@H](O)c1ccccc1)c1ccccc1. The van der Waals surface area contributed by atoms with Crippen molar-refractivity contribution >= 4 is 14.1 Å². The molecule has 2 aromatic carbocycles. The van der Waals surface area contributed by atoms with E-state index in [9.17, 15) is 9.90 Å². The number of hydrogen-bond acceptors (Lipinski definition) is 3. The summed E-state index contributed by atoms with van der Waals surface area (Å²) in [4.78, 5) is 12.7. The van der Waals surface area contributed by atoms with Gasteiger partial charge < -0.3 is 9.53 Å². The molecule has 2 rings (SSSR count). The predicted octanol–water partition coefficient (Wildman–Crippen LogP) is 5.83. The third-order valence-electron chi connectivity index (χ3n) is 5.43. The molecule has 0 heterocycles. The second kappa shape index (κ2) is 8.96. The van der Waals surface area contributed by atoms with Crippen LogP contribution in [0.3, 0.4) is 0 Å². The van der Waals surface area contributed by atoms with Gasteiger partial charge in [0.05, 0.1) is 12.2 Å². The van der Waals surface area contributed by atoms with Crippen LogP contribution in [-0.2, 0) is 9.22 Å². The molecule has 2 aromatic rings. The lowest BCUT2D eigenvalue weighted by atomic mass is 9.98. The number of aliphatic hydroxyl groups is 1. The molecule has 0 aliphatic rings. The maximum absolute atomic E-state index is 12.7. The van der Waals surface area contributed by atoms with Crippen molar-refractivity contribution in [1.82, 2.24) is 0 Å². The molecule has 4 heteroatoms. The normalized spacial score (nSPS) is 14.6. The minimum absolute atomic E-state index is 0.0129. The highest BCUT2D eigenvalue weighted by atomic mass is 28.4. The van der Waals surface area contributed by atoms with E-state index in [2.05, 4.69) is 33.9 Å². The van der Waals surface area contributed by atoms with E-state index in [0.717, 1.165) is 11.1 Å². The summed E-state index contributed by atoms with van der Waals surface area (Å²) >= 11 is 0. The molecule has 146 valence electrons. The molecular weight excluding hydrogens is 352 g/mol. The van der Waals surface area contributed by atoms with Gasteiger partial charge in [0.2, 0.25) is 0 Å². The quantitative estimate of drug-likeness (QED) is 0.582. The predicted molar refractivity (Wildman–Crippen MR) is 113 cm³/mol. The molecule has 0 fully saturated rings. The van der Waals surface area contributed by atoms with Crippen LogP contribution in [-0.4, -0.2) is 19.2 Å². The van der Waals surface area contributed by atoms with Gasteiger partial charge in [-0.25, -0.2) is 0 Å². The first-order chi connectivity index (χ1) is 12.6. The van der Waals surface area contributed by atoms with Gasteiger partial charge in [0, 0.05) is 12.8 Å². The second-order valence-corrected chi connectivity index (χ2v) is 13.4. The Hall–Kier alpha value is -1.75. The van der Waals surface area contributed by atoms with Crippen molar-refractivity contribution in [2.45, 2.75) is 64.0 Å². The van der Waals surface area contributed by atoms with Gasteiger partial charge in [0.1, 0.15) is 5.78 Å². The summed E-state index contributed by atoms with van der Waals surface area (Å²) in [5.74, 6) is 0.0129. The van der Waals surface area contributed by atoms with Crippen LogP contribution in [0, 0.1) is 0 Å². The lowest BCUT2D eigenvalue weighted by Gasteiger charge is -2.39. The van der Waals surface area contributed by atoms with Gasteiger partial charge in [-0.05, 0) is 29.3 Å². The number of Topliss-reactive ketones (excluding diaryl/α,β-unsaturated/α-hetero) is 1. The highest BCUT2D eigenvalue weighted by Gasteiger charge is 2.39. The molecular formula is C23H32O3Si. The van der Waals surface area contributed by atoms with Crippen molar-refractivity contribution in [1.29, 1.82) is 0 Å². The summed E-state index contributed by atoms with van der Waals surface area (Å²) in [6, 6.07) is 19.3. The van der Waals surface area contributed by atoms with Crippen molar-refractivity contribution in [2.24, 2.45) is 0 Å². The monoisotopic (exact) mass is 384 g/mol. The Bertz CT molecular complexity index is 720. The first-order valence-corrected chi connectivity index (χ1v) is 12.5. The van der Waals surface area contributed by atoms with E-state index in [-0.39, 0.29) is 29.8 Å². The van der Waals surface area contributed by atoms with Gasteiger partial charge in [-0.15, -0.1) is 0 Å². The number of benzene rings is 2. The van der Waals surface area contributed by atoms with Gasteiger partial charge in [-0.2, -0.15) is 0 Å². The minimum atomic E-state index is -2.04. The molecule has 27 heavy (non-hydrogen) atoms. The Kier molecular flexibility index (Phi) is 7.15. The first-order valence-electron chi connectivity index (χ1n) is 9.57. The van der Waals surface area contributed by atoms with E-state index in [1.165, 1.54) is 0 Å². The number of aliphatic hydroxyl groups excluding tert-OH is 1. The standard InChI is InChI=1S/C23H32O3Si/c1-23(2,3)27(4,5)26-22(19-14-10-7-11-15-19)17-20(24)16-21(25)18-12-8-6-9-13-18/h6-15,21-22,25H,16-17H2,1-5H3/t21-,22-/m0/s1. The molecule has 0 unspecified atom stereocenters. The van der Waals surface area contributed by atoms with E-state index in [1.807, 2.05) is 60.7 Å². The fourth-order valence-electron chi connectivity index (χ4n) is 2.73. The molecule has 1 N–H and O–H groups in total. The van der Waals surface area contributed by atoms with Gasteiger partial charge >= 0.3 is 0 Å². The number of carbonyl (C=O) groups is 1. The molecule has 0 saturated heterocycles. The zero-order valence-corrected chi connectivity index (χ0v) is 18.1. The number of rotatable bonds is 8. The lowest BCUT2D eigenvalue weighted by Crippen LogP contribution is -2.42. The average Bonchev–Trinajstić information content (AvgIpc) is 2.61. The van der Waals surface area contributed by atoms with Crippen LogP contribution in [0.4, 0.5) is 0 Å². The highest BCUT2D eigenvalue weighted by Crippen LogP contribution is 2.40. The highest BCUT2D eigenvalue weighted by molar-refractivity contribution is 6.74. The van der Waals surface area contributed by atoms with Gasteiger partial charge in [0.15, 0.2) is 8.32 Å². The van der Waals surface area contributed by atoms with Crippen LogP contribution in [0.15, 0.2) is 60.7 Å². The van der Waals surface area contributed by atoms with Crippen molar-refractivity contribution < 1.29 is 14.3 Å². The Labute approximate surface area is 164 Å². The van der Waals surface area contributed by atoms with Crippen LogP contribution < -0.4 is 0 Å². The minimum Gasteiger partial charge on any atom is -0.409 e. The van der Waals surface area contributed by atoms with Gasteiger partial charge in [-0.3, -0.25) is 4.79 Å². The largest absolute Gasteiger partial charge is 0.409 e. The van der Waals surface area contributed by atoms with Crippen molar-refractivity contribution in [2.75, 3.05) is 0 Å². The molecule has 0 spiro atoms. The summed E-state index contributed by atoms with van der Waals surface area (Å²) in [6.45, 7) is 11.0. The van der Waals surface area contributed by atoms with Crippen LogP contribution >= 0.6 is 0 Å². The molecule has 0 aliphatic carbocycles. The van der Waals surface area contributed by atoms with Gasteiger partial charge in [0.25, 0.3) is 0 Å². The van der Waals surface area contributed by atoms with Crippen molar-refractivity contribution in [3.63, 3.8) is 0 Å². The molecule has 0 saturated carbocycles. The Morgan fingerprint density at radius 3 is 1.89 bits per heavy atom. The van der Waals surface area contributed by atoms with Crippen LogP contribution in [0.2, 0.25) is 18.1 Å². The van der Waals surface area contributed by atoms with Crippen molar-refractivity contribution in [3.8, 4) is 0 Å². The summed E-state index contributed by atoms with van der Waals surface area (Å²) in [5.41, 5.74) is 1.79. The van der Waals surface area contributed by atoms with Crippen LogP contribution in [0.25, 0.3) is 0 Å². The molecule has 0 radical (unpaired) electrons. The second-order valence-electron chi connectivity index (χ2n) is 8.65. The van der Waals surface area contributed by atoms with Gasteiger partial charge in [-0.1, -0.05) is 81.4 Å². The average molecular weight is 385 g/mol. The zero-order valence-electron chi connectivity index (χ0n) is 17.1. The molecule has 0 bridgehead atoms. The number of hydrogen-bond donors (Lipinski definition) is 1. The Morgan fingerprint density at radius 1 is 0.926 bits per heavy atom. The first kappa shape index (κ1) is 21.5. The molecule has 2 atom stereocenters. The molecule has 0 aliphatic heterocycles. The van der Waals surface area contributed by atoms with Crippen molar-refractivity contribution in [3.05, 3.63) is 71.8 Å². The third kappa shape index (κ3) is 6.13. The summed E-state index contributed by atoms with van der Waals surface area (Å²) in [6.07, 6.45) is -0.667. The van der Waals surface area contributed by atoms with E-state index in [0.29, 0.717) is 0 Å². The van der Waals surface area contributed by atoms with Crippen LogP contribution in [0.5, 0.6) is 0 Å². The summed E-state index contributed by atoms with van der Waals surface area (Å²) < 4.78 is 6.58. The van der Waals surface area contributed by atoms with E-state index in [1.54, 1.807) is 0 Å². The maximum atomic E-state index is 12.7. The molecule has 0 aromatic heterocycles. The fourth-order valence-corrected chi connectivity index (χ4v) is 4.01. The fraction of sp³-hybridized carbons (Fsp3) is 0.435. The summed E-state index contributed by atoms with van der Waals surface area (Å²) in [7, 11) is -2.04. The topological polar surface area (TPSA) is 46.5 Å². The van der Waals surface area contributed by atoms with Crippen LogP contribution in [0.1, 0.15) is 56.9 Å². The number of ketones is 1. The Morgan fingerprint density at radius 2 is 1.41 bits per heavy atom. The molecule has 3 nitrogen and oxygen atoms in total. The zero-order chi connectivity index (χ0) is 20.1.